The number of nitrogens with zero attached hydrogens (tertiary/aromatic N) is 3. The van der Waals surface area contributed by atoms with Crippen LogP contribution in [0.25, 0.3) is 20.8 Å². The van der Waals surface area contributed by atoms with Crippen LogP contribution in [0.5, 0.6) is 0 Å². The largest absolute Gasteiger partial charge is 0.386 e. The summed E-state index contributed by atoms with van der Waals surface area (Å²) in [5.41, 5.74) is 1.71. The number of hydrogen-bond donors (Lipinski definition) is 1. The summed E-state index contributed by atoms with van der Waals surface area (Å²) >= 11 is 20.0. The van der Waals surface area contributed by atoms with Crippen LogP contribution in [0.1, 0.15) is 25.0 Å². The number of hydrogen-bond acceptors (Lipinski definition) is 5. The molecule has 0 fully saturated rings. The average Bonchev–Trinajstić information content (AvgIpc) is 2.79. The van der Waals surface area contributed by atoms with E-state index in [4.69, 9.17) is 34.8 Å². The van der Waals surface area contributed by atoms with Crippen molar-refractivity contribution in [1.82, 2.24) is 15.0 Å². The van der Waals surface area contributed by atoms with E-state index in [0.717, 1.165) is 20.7 Å². The SMILES string of the molecule is Cc1c(-c2nc(Cl)ncc2Cl)sc2c(Cl)c(C(C)(C)O)cnc12. The van der Waals surface area contributed by atoms with Crippen LogP contribution in [-0.4, -0.2) is 20.1 Å². The molecule has 0 aromatic carbocycles. The van der Waals surface area contributed by atoms with Crippen molar-refractivity contribution in [2.45, 2.75) is 26.4 Å². The molecule has 3 aromatic rings. The lowest BCUT2D eigenvalue weighted by molar-refractivity contribution is 0.0785. The number of aryl methyl sites for hydroxylation is 1. The molecule has 8 heteroatoms. The topological polar surface area (TPSA) is 58.9 Å². The Morgan fingerprint density at radius 2 is 1.83 bits per heavy atom. The molecule has 0 aliphatic carbocycles. The highest BCUT2D eigenvalue weighted by Crippen LogP contribution is 2.44. The van der Waals surface area contributed by atoms with Crippen molar-refractivity contribution in [1.29, 1.82) is 0 Å². The van der Waals surface area contributed by atoms with Gasteiger partial charge in [0.25, 0.3) is 0 Å². The highest BCUT2D eigenvalue weighted by Gasteiger charge is 2.25. The fourth-order valence-electron chi connectivity index (χ4n) is 2.27. The second-order valence-corrected chi connectivity index (χ2v) is 7.76. The zero-order chi connectivity index (χ0) is 16.9. The van der Waals surface area contributed by atoms with Crippen molar-refractivity contribution >= 4 is 56.4 Å². The van der Waals surface area contributed by atoms with Crippen LogP contribution in [0.4, 0.5) is 0 Å². The molecule has 0 unspecified atom stereocenters. The zero-order valence-corrected chi connectivity index (χ0v) is 15.6. The Hall–Kier alpha value is -0.980. The molecule has 23 heavy (non-hydrogen) atoms. The molecule has 3 rings (SSSR count). The summed E-state index contributed by atoms with van der Waals surface area (Å²) in [4.78, 5) is 13.4. The summed E-state index contributed by atoms with van der Waals surface area (Å²) in [6, 6.07) is 0. The number of halogens is 3. The van der Waals surface area contributed by atoms with Crippen LogP contribution in [0.3, 0.4) is 0 Å². The summed E-state index contributed by atoms with van der Waals surface area (Å²) in [5.74, 6) is 0. The van der Waals surface area contributed by atoms with E-state index in [1.54, 1.807) is 20.0 Å². The van der Waals surface area contributed by atoms with Gasteiger partial charge in [-0.15, -0.1) is 11.3 Å². The smallest absolute Gasteiger partial charge is 0.223 e. The molecule has 3 heterocycles. The molecule has 1 N–H and O–H groups in total. The van der Waals surface area contributed by atoms with E-state index < -0.39 is 5.60 Å². The number of pyridine rings is 1. The summed E-state index contributed by atoms with van der Waals surface area (Å²) in [6.45, 7) is 5.27. The molecule has 4 nitrogen and oxygen atoms in total. The summed E-state index contributed by atoms with van der Waals surface area (Å²) < 4.78 is 0.782. The maximum absolute atomic E-state index is 10.2. The summed E-state index contributed by atoms with van der Waals surface area (Å²) in [6.07, 6.45) is 3.07. The highest BCUT2D eigenvalue weighted by molar-refractivity contribution is 7.23. The molecule has 0 aliphatic rings. The molecule has 0 radical (unpaired) electrons. The molecule has 3 aromatic heterocycles. The van der Waals surface area contributed by atoms with Crippen molar-refractivity contribution in [2.75, 3.05) is 0 Å². The Kier molecular flexibility index (Phi) is 4.27. The predicted octanol–water partition coefficient (Wildman–Crippen LogP) is 5.25. The standard InChI is InChI=1S/C15H12Cl3N3OS/c1-6-10-13(9(17)7(4-19-10)15(2,3)22)23-12(6)11-8(16)5-20-14(18)21-11/h4-5,22H,1-3H3. The zero-order valence-electron chi connectivity index (χ0n) is 12.5. The monoisotopic (exact) mass is 387 g/mol. The molecule has 120 valence electrons. The summed E-state index contributed by atoms with van der Waals surface area (Å²) in [7, 11) is 0. The van der Waals surface area contributed by atoms with E-state index in [9.17, 15) is 5.11 Å². The molecular weight excluding hydrogens is 377 g/mol. The minimum atomic E-state index is -1.08. The van der Waals surface area contributed by atoms with Crippen molar-refractivity contribution in [3.63, 3.8) is 0 Å². The van der Waals surface area contributed by atoms with Gasteiger partial charge in [-0.1, -0.05) is 23.2 Å². The number of aromatic nitrogens is 3. The van der Waals surface area contributed by atoms with Crippen molar-refractivity contribution in [2.24, 2.45) is 0 Å². The van der Waals surface area contributed by atoms with Crippen molar-refractivity contribution in [3.8, 4) is 10.6 Å². The lowest BCUT2D eigenvalue weighted by Crippen LogP contribution is -2.16. The fraction of sp³-hybridized carbons (Fsp3) is 0.267. The number of thiophene rings is 1. The number of aliphatic hydroxyl groups is 1. The van der Waals surface area contributed by atoms with E-state index in [1.807, 2.05) is 6.92 Å². The number of rotatable bonds is 2. The minimum Gasteiger partial charge on any atom is -0.386 e. The van der Waals surface area contributed by atoms with Crippen LogP contribution in [0.2, 0.25) is 15.3 Å². The van der Waals surface area contributed by atoms with E-state index in [2.05, 4.69) is 15.0 Å². The van der Waals surface area contributed by atoms with Gasteiger partial charge < -0.3 is 5.11 Å². The maximum Gasteiger partial charge on any atom is 0.223 e. The van der Waals surface area contributed by atoms with Gasteiger partial charge in [-0.05, 0) is 37.9 Å². The average molecular weight is 389 g/mol. The molecule has 0 bridgehead atoms. The Labute approximate surface area is 152 Å². The maximum atomic E-state index is 10.2. The van der Waals surface area contributed by atoms with Crippen LogP contribution in [0.15, 0.2) is 12.4 Å². The van der Waals surface area contributed by atoms with E-state index in [1.165, 1.54) is 17.5 Å². The normalized spacial score (nSPS) is 12.1. The van der Waals surface area contributed by atoms with Gasteiger partial charge in [0.2, 0.25) is 5.28 Å². The van der Waals surface area contributed by atoms with Gasteiger partial charge in [-0.2, -0.15) is 0 Å². The number of fused-ring (bicyclic) bond motifs is 1. The predicted molar refractivity (Wildman–Crippen MR) is 95.7 cm³/mol. The lowest BCUT2D eigenvalue weighted by atomic mass is 10.00. The van der Waals surface area contributed by atoms with Crippen molar-refractivity contribution < 1.29 is 5.11 Å². The quantitative estimate of drug-likeness (QED) is 0.609. The van der Waals surface area contributed by atoms with Gasteiger partial charge in [-0.25, -0.2) is 9.97 Å². The second kappa shape index (κ2) is 5.83. The Morgan fingerprint density at radius 1 is 1.13 bits per heavy atom. The first-order valence-electron chi connectivity index (χ1n) is 6.69. The van der Waals surface area contributed by atoms with Gasteiger partial charge in [0.15, 0.2) is 0 Å². The Morgan fingerprint density at radius 3 is 2.48 bits per heavy atom. The Balaban J connectivity index is 2.31. The van der Waals surface area contributed by atoms with Gasteiger partial charge in [0.1, 0.15) is 5.69 Å². The van der Waals surface area contributed by atoms with E-state index in [0.29, 0.717) is 21.3 Å². The van der Waals surface area contributed by atoms with Crippen molar-refractivity contribution in [3.05, 3.63) is 38.8 Å². The van der Waals surface area contributed by atoms with Gasteiger partial charge >= 0.3 is 0 Å². The molecule has 0 saturated heterocycles. The van der Waals surface area contributed by atoms with Crippen LogP contribution >= 0.6 is 46.1 Å². The molecule has 0 spiro atoms. The molecule has 0 amide bonds. The molecule has 0 aliphatic heterocycles. The van der Waals surface area contributed by atoms with Gasteiger partial charge in [0.05, 0.1) is 36.9 Å². The summed E-state index contributed by atoms with van der Waals surface area (Å²) in [5, 5.41) is 11.2. The first kappa shape index (κ1) is 16.9. The van der Waals surface area contributed by atoms with Gasteiger partial charge in [0, 0.05) is 11.8 Å². The van der Waals surface area contributed by atoms with Gasteiger partial charge in [-0.3, -0.25) is 4.98 Å². The first-order chi connectivity index (χ1) is 10.7. The van der Waals surface area contributed by atoms with E-state index >= 15 is 0 Å². The first-order valence-corrected chi connectivity index (χ1v) is 8.64. The molecule has 0 saturated carbocycles. The van der Waals surface area contributed by atoms with Crippen LogP contribution in [0, 0.1) is 6.92 Å². The van der Waals surface area contributed by atoms with E-state index in [-0.39, 0.29) is 5.28 Å². The third-order valence-corrected chi connectivity index (χ3v) is 5.73. The highest BCUT2D eigenvalue weighted by atomic mass is 35.5. The van der Waals surface area contributed by atoms with Crippen LogP contribution in [-0.2, 0) is 5.60 Å². The third kappa shape index (κ3) is 2.92. The second-order valence-electron chi connectivity index (χ2n) is 5.61. The lowest BCUT2D eigenvalue weighted by Gasteiger charge is -2.18. The van der Waals surface area contributed by atoms with Crippen LogP contribution < -0.4 is 0 Å². The third-order valence-electron chi connectivity index (χ3n) is 3.46. The Bertz CT molecular complexity index is 918. The minimum absolute atomic E-state index is 0.123. The fourth-order valence-corrected chi connectivity index (χ4v) is 4.34. The molecule has 0 atom stereocenters. The molecular formula is C15H12Cl3N3OS.